The van der Waals surface area contributed by atoms with Gasteiger partial charge >= 0.3 is 0 Å². The summed E-state index contributed by atoms with van der Waals surface area (Å²) in [6.45, 7) is 0. The lowest BCUT2D eigenvalue weighted by molar-refractivity contribution is -0.131. The molecule has 0 spiro atoms. The van der Waals surface area contributed by atoms with Crippen LogP contribution in [0, 0.1) is 0 Å². The van der Waals surface area contributed by atoms with Crippen LogP contribution in [0.3, 0.4) is 0 Å². The van der Waals surface area contributed by atoms with Gasteiger partial charge in [-0.2, -0.15) is 0 Å². The third kappa shape index (κ3) is 4.22. The van der Waals surface area contributed by atoms with Crippen molar-refractivity contribution in [2.24, 2.45) is 0 Å². The van der Waals surface area contributed by atoms with E-state index in [1.807, 2.05) is 11.4 Å². The predicted molar refractivity (Wildman–Crippen MR) is 57.7 cm³/mol. The van der Waals surface area contributed by atoms with Crippen molar-refractivity contribution in [3.63, 3.8) is 0 Å². The second-order valence-corrected chi connectivity index (χ2v) is 3.93. The lowest BCUT2D eigenvalue weighted by Gasteiger charge is -2.00. The van der Waals surface area contributed by atoms with Gasteiger partial charge < -0.3 is 0 Å². The fraction of sp³-hybridized carbons (Fsp3) is 0.400. The monoisotopic (exact) mass is 227 g/mol. The summed E-state index contributed by atoms with van der Waals surface area (Å²) in [4.78, 5) is 27.7. The summed E-state index contributed by atoms with van der Waals surface area (Å²) in [5.74, 6) is -0.105. The van der Waals surface area contributed by atoms with Gasteiger partial charge in [0.05, 0.1) is 12.0 Å². The molecule has 1 heterocycles. The van der Waals surface area contributed by atoms with Crippen LogP contribution in [0.15, 0.2) is 17.5 Å². The molecule has 0 unspecified atom stereocenters. The summed E-state index contributed by atoms with van der Waals surface area (Å²) in [6, 6.07) is 3.64. The number of hydrogen-bond donors (Lipinski definition) is 1. The fourth-order valence-electron chi connectivity index (χ4n) is 1.13. The Bertz CT molecular complexity index is 321. The Kier molecular flexibility index (Phi) is 5.00. The molecule has 0 aliphatic rings. The summed E-state index contributed by atoms with van der Waals surface area (Å²) in [5.41, 5.74) is 2.21. The van der Waals surface area contributed by atoms with Gasteiger partial charge in [0.15, 0.2) is 5.78 Å². The molecule has 1 aromatic heterocycles. The summed E-state index contributed by atoms with van der Waals surface area (Å²) in [7, 11) is 1.38. The van der Waals surface area contributed by atoms with Crippen LogP contribution in [0.4, 0.5) is 0 Å². The molecule has 1 amide bonds. The molecule has 0 saturated carbocycles. The maximum Gasteiger partial charge on any atom is 0.243 e. The molecule has 0 fully saturated rings. The number of amides is 1. The standard InChI is InChI=1S/C10H13NO3S/c1-14-11-10(13)6-2-4-8(12)9-5-3-7-15-9/h3,5,7H,2,4,6H2,1H3,(H,11,13). The summed E-state index contributed by atoms with van der Waals surface area (Å²) < 4.78 is 0. The molecule has 0 radical (unpaired) electrons. The minimum atomic E-state index is -0.198. The fourth-order valence-corrected chi connectivity index (χ4v) is 1.83. The second kappa shape index (κ2) is 6.31. The van der Waals surface area contributed by atoms with Crippen molar-refractivity contribution < 1.29 is 14.4 Å². The van der Waals surface area contributed by atoms with Gasteiger partial charge in [0, 0.05) is 12.8 Å². The maximum atomic E-state index is 11.5. The van der Waals surface area contributed by atoms with Crippen molar-refractivity contribution in [2.75, 3.05) is 7.11 Å². The van der Waals surface area contributed by atoms with Crippen molar-refractivity contribution in [2.45, 2.75) is 19.3 Å². The van der Waals surface area contributed by atoms with Crippen LogP contribution in [0.1, 0.15) is 28.9 Å². The highest BCUT2D eigenvalue weighted by Crippen LogP contribution is 2.12. The Labute approximate surface area is 92.2 Å². The molecule has 0 saturated heterocycles. The third-order valence-corrected chi connectivity index (χ3v) is 2.73. The molecule has 0 aromatic carbocycles. The SMILES string of the molecule is CONC(=O)CCCC(=O)c1cccs1. The van der Waals surface area contributed by atoms with Gasteiger partial charge in [0.25, 0.3) is 0 Å². The Morgan fingerprint density at radius 3 is 2.87 bits per heavy atom. The van der Waals surface area contributed by atoms with Crippen LogP contribution >= 0.6 is 11.3 Å². The first-order valence-electron chi connectivity index (χ1n) is 4.62. The summed E-state index contributed by atoms with van der Waals surface area (Å²) >= 11 is 1.43. The third-order valence-electron chi connectivity index (χ3n) is 1.82. The van der Waals surface area contributed by atoms with Gasteiger partial charge in [0.2, 0.25) is 5.91 Å². The number of nitrogens with one attached hydrogen (secondary N) is 1. The van der Waals surface area contributed by atoms with E-state index in [1.54, 1.807) is 6.07 Å². The smallest absolute Gasteiger partial charge is 0.243 e. The van der Waals surface area contributed by atoms with E-state index in [1.165, 1.54) is 18.4 Å². The number of thiophene rings is 1. The van der Waals surface area contributed by atoms with Crippen molar-refractivity contribution in [1.29, 1.82) is 0 Å². The molecule has 4 nitrogen and oxygen atoms in total. The molecule has 5 heteroatoms. The Morgan fingerprint density at radius 1 is 1.47 bits per heavy atom. The molecule has 0 aliphatic carbocycles. The molecule has 1 aromatic rings. The molecule has 0 atom stereocenters. The van der Waals surface area contributed by atoms with Crippen LogP contribution < -0.4 is 5.48 Å². The summed E-state index contributed by atoms with van der Waals surface area (Å²) in [6.07, 6.45) is 1.26. The molecule has 15 heavy (non-hydrogen) atoms. The Balaban J connectivity index is 2.21. The molecular weight excluding hydrogens is 214 g/mol. The van der Waals surface area contributed by atoms with Crippen molar-refractivity contribution in [1.82, 2.24) is 5.48 Å². The lowest BCUT2D eigenvalue weighted by atomic mass is 10.1. The zero-order chi connectivity index (χ0) is 11.1. The predicted octanol–water partition coefficient (Wildman–Crippen LogP) is 1.78. The highest BCUT2D eigenvalue weighted by molar-refractivity contribution is 7.12. The number of carbonyl (C=O) groups is 2. The first-order chi connectivity index (χ1) is 7.24. The van der Waals surface area contributed by atoms with Gasteiger partial charge in [0.1, 0.15) is 0 Å². The molecule has 1 N–H and O–H groups in total. The first-order valence-corrected chi connectivity index (χ1v) is 5.50. The normalized spacial score (nSPS) is 9.93. The van der Waals surface area contributed by atoms with Crippen LogP contribution in [0.25, 0.3) is 0 Å². The van der Waals surface area contributed by atoms with Crippen molar-refractivity contribution in [3.8, 4) is 0 Å². The van der Waals surface area contributed by atoms with Crippen molar-refractivity contribution in [3.05, 3.63) is 22.4 Å². The molecule has 0 aliphatic heterocycles. The number of ketones is 1. The average molecular weight is 227 g/mol. The average Bonchev–Trinajstić information content (AvgIpc) is 2.70. The largest absolute Gasteiger partial charge is 0.293 e. The van der Waals surface area contributed by atoms with Crippen LogP contribution in [-0.2, 0) is 9.63 Å². The van der Waals surface area contributed by atoms with Gasteiger partial charge in [-0.3, -0.25) is 14.4 Å². The molecular formula is C10H13NO3S. The van der Waals surface area contributed by atoms with E-state index < -0.39 is 0 Å². The number of rotatable bonds is 6. The van der Waals surface area contributed by atoms with Gasteiger partial charge in [-0.25, -0.2) is 5.48 Å². The van der Waals surface area contributed by atoms with E-state index in [0.717, 1.165) is 4.88 Å². The lowest BCUT2D eigenvalue weighted by Crippen LogP contribution is -2.21. The minimum Gasteiger partial charge on any atom is -0.293 e. The highest BCUT2D eigenvalue weighted by Gasteiger charge is 2.07. The topological polar surface area (TPSA) is 55.4 Å². The summed E-state index contributed by atoms with van der Waals surface area (Å²) in [5, 5.41) is 1.87. The molecule has 0 bridgehead atoms. The van der Waals surface area contributed by atoms with Gasteiger partial charge in [-0.1, -0.05) is 6.07 Å². The van der Waals surface area contributed by atoms with E-state index in [9.17, 15) is 9.59 Å². The van der Waals surface area contributed by atoms with Crippen molar-refractivity contribution >= 4 is 23.0 Å². The zero-order valence-electron chi connectivity index (χ0n) is 8.49. The van der Waals surface area contributed by atoms with E-state index in [2.05, 4.69) is 10.3 Å². The van der Waals surface area contributed by atoms with Crippen LogP contribution in [-0.4, -0.2) is 18.8 Å². The zero-order valence-corrected chi connectivity index (χ0v) is 9.30. The maximum absolute atomic E-state index is 11.5. The van der Waals surface area contributed by atoms with Crippen LogP contribution in [0.5, 0.6) is 0 Å². The number of carbonyl (C=O) groups excluding carboxylic acids is 2. The Morgan fingerprint density at radius 2 is 2.27 bits per heavy atom. The van der Waals surface area contributed by atoms with Gasteiger partial charge in [-0.05, 0) is 17.9 Å². The number of Topliss-reactive ketones (excluding diaryl/α,β-unsaturated/α-hetero) is 1. The second-order valence-electron chi connectivity index (χ2n) is 2.98. The Hall–Kier alpha value is -1.20. The quantitative estimate of drug-likeness (QED) is 0.595. The van der Waals surface area contributed by atoms with E-state index in [4.69, 9.17) is 0 Å². The number of hydrogen-bond acceptors (Lipinski definition) is 4. The molecule has 1 rings (SSSR count). The van der Waals surface area contributed by atoms with Gasteiger partial charge in [-0.15, -0.1) is 11.3 Å². The number of hydroxylamine groups is 1. The first kappa shape index (κ1) is 11.9. The molecule has 82 valence electrons. The van der Waals surface area contributed by atoms with E-state index in [0.29, 0.717) is 19.3 Å². The van der Waals surface area contributed by atoms with E-state index in [-0.39, 0.29) is 11.7 Å². The van der Waals surface area contributed by atoms with E-state index >= 15 is 0 Å². The highest BCUT2D eigenvalue weighted by atomic mass is 32.1. The minimum absolute atomic E-state index is 0.0928. The van der Waals surface area contributed by atoms with Crippen LogP contribution in [0.2, 0.25) is 0 Å².